The zero-order chi connectivity index (χ0) is 21.3. The minimum absolute atomic E-state index is 0.0804. The van der Waals surface area contributed by atoms with Gasteiger partial charge in [-0.1, -0.05) is 25.1 Å². The molecule has 1 aliphatic rings. The number of carbonyl (C=O) groups excluding carboxylic acids is 1. The molecule has 8 nitrogen and oxygen atoms in total. The van der Waals surface area contributed by atoms with Crippen LogP contribution in [-0.2, 0) is 16.4 Å². The molecule has 1 aliphatic heterocycles. The summed E-state index contributed by atoms with van der Waals surface area (Å²) in [5.41, 5.74) is 10.3. The van der Waals surface area contributed by atoms with Gasteiger partial charge in [0.25, 0.3) is 5.91 Å². The molecule has 2 heterocycles. The van der Waals surface area contributed by atoms with E-state index in [1.165, 1.54) is 12.1 Å². The number of nitrogens with two attached hydrogens (primary N) is 1. The maximum Gasteiger partial charge on any atom is 0.251 e. The van der Waals surface area contributed by atoms with Crippen molar-refractivity contribution in [1.29, 1.82) is 0 Å². The van der Waals surface area contributed by atoms with Gasteiger partial charge in [-0.25, -0.2) is 23.1 Å². The number of sulfonamides is 1. The van der Waals surface area contributed by atoms with Gasteiger partial charge >= 0.3 is 0 Å². The number of nitrogen functional groups attached to an aromatic ring is 1. The molecule has 154 valence electrons. The molecule has 0 saturated carbocycles. The monoisotopic (exact) mass is 423 g/mol. The van der Waals surface area contributed by atoms with Crippen LogP contribution in [0.5, 0.6) is 0 Å². The Hall–Kier alpha value is -3.30. The summed E-state index contributed by atoms with van der Waals surface area (Å²) in [6.45, 7) is 2.64. The van der Waals surface area contributed by atoms with Crippen LogP contribution in [0, 0.1) is 0 Å². The van der Waals surface area contributed by atoms with Gasteiger partial charge in [0.05, 0.1) is 16.8 Å². The molecule has 0 unspecified atom stereocenters. The number of benzene rings is 2. The molecule has 0 aliphatic carbocycles. The van der Waals surface area contributed by atoms with Crippen molar-refractivity contribution < 1.29 is 13.2 Å². The minimum Gasteiger partial charge on any atom is -0.382 e. The second-order valence-electron chi connectivity index (χ2n) is 6.89. The SMILES string of the molecule is CCNS(=O)(=O)c1ccc(-c2cnc(N)c(-c3ccc4c(c3)CCNC4=O)n2)cc1. The first-order chi connectivity index (χ1) is 14.4. The number of rotatable bonds is 5. The Bertz CT molecular complexity index is 1220. The van der Waals surface area contributed by atoms with Crippen molar-refractivity contribution in [2.45, 2.75) is 18.2 Å². The summed E-state index contributed by atoms with van der Waals surface area (Å²) in [7, 11) is -3.52. The molecule has 2 aromatic carbocycles. The average Bonchev–Trinajstić information content (AvgIpc) is 2.74. The predicted octanol–water partition coefficient (Wildman–Crippen LogP) is 1.98. The van der Waals surface area contributed by atoms with Crippen molar-refractivity contribution in [2.24, 2.45) is 0 Å². The second kappa shape index (κ2) is 7.85. The lowest BCUT2D eigenvalue weighted by atomic mass is 9.96. The predicted molar refractivity (Wildman–Crippen MR) is 114 cm³/mol. The molecule has 4 N–H and O–H groups in total. The van der Waals surface area contributed by atoms with E-state index in [1.807, 2.05) is 6.07 Å². The molecule has 0 bridgehead atoms. The lowest BCUT2D eigenvalue weighted by Crippen LogP contribution is -2.31. The van der Waals surface area contributed by atoms with Crippen molar-refractivity contribution in [1.82, 2.24) is 20.0 Å². The highest BCUT2D eigenvalue weighted by Crippen LogP contribution is 2.29. The fourth-order valence-corrected chi connectivity index (χ4v) is 4.44. The van der Waals surface area contributed by atoms with Gasteiger partial charge in [0.15, 0.2) is 0 Å². The molecule has 0 radical (unpaired) electrons. The van der Waals surface area contributed by atoms with Gasteiger partial charge in [-0.15, -0.1) is 0 Å². The van der Waals surface area contributed by atoms with Crippen LogP contribution in [0.4, 0.5) is 5.82 Å². The van der Waals surface area contributed by atoms with Gasteiger partial charge in [-0.3, -0.25) is 4.79 Å². The molecule has 30 heavy (non-hydrogen) atoms. The summed E-state index contributed by atoms with van der Waals surface area (Å²) in [6.07, 6.45) is 2.29. The Morgan fingerprint density at radius 1 is 1.13 bits per heavy atom. The molecule has 1 aromatic heterocycles. The van der Waals surface area contributed by atoms with E-state index in [9.17, 15) is 13.2 Å². The first-order valence-corrected chi connectivity index (χ1v) is 11.0. The molecule has 4 rings (SSSR count). The quantitative estimate of drug-likeness (QED) is 0.576. The van der Waals surface area contributed by atoms with E-state index in [-0.39, 0.29) is 16.6 Å². The number of nitrogens with zero attached hydrogens (tertiary/aromatic N) is 2. The molecule has 0 saturated heterocycles. The Kier molecular flexibility index (Phi) is 5.23. The third kappa shape index (κ3) is 3.77. The van der Waals surface area contributed by atoms with E-state index < -0.39 is 10.0 Å². The number of hydrogen-bond donors (Lipinski definition) is 3. The lowest BCUT2D eigenvalue weighted by Gasteiger charge is -2.17. The van der Waals surface area contributed by atoms with Gasteiger partial charge in [0.1, 0.15) is 11.5 Å². The van der Waals surface area contributed by atoms with E-state index in [2.05, 4.69) is 20.0 Å². The number of hydrogen-bond acceptors (Lipinski definition) is 6. The fourth-order valence-electron chi connectivity index (χ4n) is 3.40. The third-order valence-electron chi connectivity index (χ3n) is 4.90. The van der Waals surface area contributed by atoms with Gasteiger partial charge in [-0.2, -0.15) is 0 Å². The maximum absolute atomic E-state index is 12.1. The molecule has 3 aromatic rings. The van der Waals surface area contributed by atoms with Gasteiger partial charge in [-0.05, 0) is 36.2 Å². The first-order valence-electron chi connectivity index (χ1n) is 9.53. The van der Waals surface area contributed by atoms with Crippen LogP contribution >= 0.6 is 0 Å². The molecule has 0 atom stereocenters. The Morgan fingerprint density at radius 3 is 2.60 bits per heavy atom. The van der Waals surface area contributed by atoms with Gasteiger partial charge < -0.3 is 11.1 Å². The van der Waals surface area contributed by atoms with E-state index in [0.29, 0.717) is 30.0 Å². The van der Waals surface area contributed by atoms with Crippen LogP contribution in [0.25, 0.3) is 22.5 Å². The normalized spacial score (nSPS) is 13.6. The summed E-state index contributed by atoms with van der Waals surface area (Å²) < 4.78 is 26.7. The zero-order valence-electron chi connectivity index (χ0n) is 16.3. The van der Waals surface area contributed by atoms with Crippen LogP contribution in [0.2, 0.25) is 0 Å². The van der Waals surface area contributed by atoms with Gasteiger partial charge in [0, 0.05) is 29.8 Å². The summed E-state index contributed by atoms with van der Waals surface area (Å²) in [5.74, 6) is 0.202. The molecule has 0 fully saturated rings. The zero-order valence-corrected chi connectivity index (χ0v) is 17.2. The highest BCUT2D eigenvalue weighted by atomic mass is 32.2. The highest BCUT2D eigenvalue weighted by Gasteiger charge is 2.19. The van der Waals surface area contributed by atoms with E-state index in [1.54, 1.807) is 37.4 Å². The minimum atomic E-state index is -3.52. The van der Waals surface area contributed by atoms with Crippen LogP contribution in [0.15, 0.2) is 53.6 Å². The first kappa shape index (κ1) is 20.0. The Labute approximate surface area is 174 Å². The van der Waals surface area contributed by atoms with Crippen molar-refractivity contribution in [3.63, 3.8) is 0 Å². The molecular formula is C21H21N5O3S. The van der Waals surface area contributed by atoms with E-state index in [4.69, 9.17) is 5.73 Å². The van der Waals surface area contributed by atoms with Crippen molar-refractivity contribution >= 4 is 21.7 Å². The van der Waals surface area contributed by atoms with E-state index >= 15 is 0 Å². The van der Waals surface area contributed by atoms with Crippen LogP contribution < -0.4 is 15.8 Å². The summed E-state index contributed by atoms with van der Waals surface area (Å²) in [6, 6.07) is 11.9. The summed E-state index contributed by atoms with van der Waals surface area (Å²) in [5, 5.41) is 2.82. The smallest absolute Gasteiger partial charge is 0.251 e. The maximum atomic E-state index is 12.1. The summed E-state index contributed by atoms with van der Waals surface area (Å²) in [4.78, 5) is 21.1. The molecule has 1 amide bonds. The Morgan fingerprint density at radius 2 is 1.87 bits per heavy atom. The fraction of sp³-hybridized carbons (Fsp3) is 0.190. The molecular weight excluding hydrogens is 402 g/mol. The lowest BCUT2D eigenvalue weighted by molar-refractivity contribution is 0.0946. The molecule has 0 spiro atoms. The largest absolute Gasteiger partial charge is 0.382 e. The highest BCUT2D eigenvalue weighted by molar-refractivity contribution is 7.89. The van der Waals surface area contributed by atoms with Crippen LogP contribution in [0.1, 0.15) is 22.8 Å². The number of carbonyl (C=O) groups is 1. The standard InChI is InChI=1S/C21H21N5O3S/c1-2-25-30(28,29)16-6-3-13(4-7-16)18-12-24-20(22)19(26-18)15-5-8-17-14(11-15)9-10-23-21(17)27/h3-8,11-12,25H,2,9-10H2,1H3,(H2,22,24)(H,23,27). The second-order valence-corrected chi connectivity index (χ2v) is 8.66. The topological polar surface area (TPSA) is 127 Å². The van der Waals surface area contributed by atoms with Crippen molar-refractivity contribution in [3.8, 4) is 22.5 Å². The number of anilines is 1. The number of nitrogens with one attached hydrogen (secondary N) is 2. The number of amides is 1. The van der Waals surface area contributed by atoms with Gasteiger partial charge in [0.2, 0.25) is 10.0 Å². The summed E-state index contributed by atoms with van der Waals surface area (Å²) >= 11 is 0. The average molecular weight is 423 g/mol. The van der Waals surface area contributed by atoms with Crippen molar-refractivity contribution in [2.75, 3.05) is 18.8 Å². The Balaban J connectivity index is 1.70. The molecule has 9 heteroatoms. The van der Waals surface area contributed by atoms with Crippen molar-refractivity contribution in [3.05, 3.63) is 59.8 Å². The third-order valence-corrected chi connectivity index (χ3v) is 6.46. The number of fused-ring (bicyclic) bond motifs is 1. The van der Waals surface area contributed by atoms with Crippen LogP contribution in [-0.4, -0.2) is 37.4 Å². The van der Waals surface area contributed by atoms with Crippen LogP contribution in [0.3, 0.4) is 0 Å². The van der Waals surface area contributed by atoms with E-state index in [0.717, 1.165) is 23.1 Å². The number of aromatic nitrogens is 2.